The Hall–Kier alpha value is -1.06. The molecule has 0 bridgehead atoms. The minimum atomic E-state index is -0.743. The lowest BCUT2D eigenvalue weighted by atomic mass is 9.90. The highest BCUT2D eigenvalue weighted by Crippen LogP contribution is 2.30. The zero-order chi connectivity index (χ0) is 14.0. The molecule has 0 N–H and O–H groups in total. The average molecular weight is 256 g/mol. The third-order valence-corrected chi connectivity index (χ3v) is 3.69. The van der Waals surface area contributed by atoms with Gasteiger partial charge in [0.25, 0.3) is 0 Å². The van der Waals surface area contributed by atoms with Crippen molar-refractivity contribution in [3.05, 3.63) is 0 Å². The molecule has 1 fully saturated rings. The number of carbonyl (C=O) groups excluding carboxylic acids is 2. The molecule has 1 unspecified atom stereocenters. The van der Waals surface area contributed by atoms with Crippen LogP contribution in [0.25, 0.3) is 0 Å². The van der Waals surface area contributed by atoms with Crippen molar-refractivity contribution < 1.29 is 19.1 Å². The van der Waals surface area contributed by atoms with E-state index < -0.39 is 11.0 Å². The van der Waals surface area contributed by atoms with E-state index in [1.54, 1.807) is 13.8 Å². The number of ether oxygens (including phenoxy) is 2. The highest BCUT2D eigenvalue weighted by molar-refractivity contribution is 5.76. The molecule has 1 aliphatic heterocycles. The van der Waals surface area contributed by atoms with Crippen molar-refractivity contribution in [2.75, 3.05) is 0 Å². The monoisotopic (exact) mass is 256 g/mol. The Morgan fingerprint density at radius 2 is 2.11 bits per heavy atom. The summed E-state index contributed by atoms with van der Waals surface area (Å²) in [5.74, 6) is -0.436. The third kappa shape index (κ3) is 3.47. The molecule has 1 atom stereocenters. The molecule has 0 saturated carbocycles. The molecule has 0 aromatic carbocycles. The molecule has 0 amide bonds. The van der Waals surface area contributed by atoms with Crippen LogP contribution in [0, 0.1) is 5.41 Å². The molecule has 1 heterocycles. The van der Waals surface area contributed by atoms with Gasteiger partial charge in [0.1, 0.15) is 11.7 Å². The van der Waals surface area contributed by atoms with Crippen LogP contribution < -0.4 is 0 Å². The molecule has 1 saturated heterocycles. The molecular formula is C14H24O4. The summed E-state index contributed by atoms with van der Waals surface area (Å²) in [5.41, 5.74) is -1.24. The van der Waals surface area contributed by atoms with Gasteiger partial charge >= 0.3 is 11.9 Å². The molecule has 0 aliphatic carbocycles. The van der Waals surface area contributed by atoms with Crippen LogP contribution in [0.1, 0.15) is 60.3 Å². The van der Waals surface area contributed by atoms with Crippen molar-refractivity contribution >= 4 is 11.9 Å². The number of esters is 2. The van der Waals surface area contributed by atoms with E-state index in [0.717, 1.165) is 6.42 Å². The Kier molecular flexibility index (Phi) is 4.41. The third-order valence-electron chi connectivity index (χ3n) is 3.69. The Labute approximate surface area is 109 Å². The lowest BCUT2D eigenvalue weighted by Gasteiger charge is -2.33. The summed E-state index contributed by atoms with van der Waals surface area (Å²) in [7, 11) is 0. The SMILES string of the molecule is CCC(C)(C)C(=O)OC1CCCC(=O)OC1(C)C. The largest absolute Gasteiger partial charge is 0.458 e. The van der Waals surface area contributed by atoms with Gasteiger partial charge in [-0.05, 0) is 47.0 Å². The van der Waals surface area contributed by atoms with Gasteiger partial charge in [0, 0.05) is 6.42 Å². The second kappa shape index (κ2) is 5.29. The molecule has 1 aliphatic rings. The molecule has 1 rings (SSSR count). The van der Waals surface area contributed by atoms with Crippen LogP contribution in [-0.2, 0) is 19.1 Å². The zero-order valence-electron chi connectivity index (χ0n) is 12.0. The van der Waals surface area contributed by atoms with E-state index in [1.165, 1.54) is 0 Å². The van der Waals surface area contributed by atoms with Gasteiger partial charge in [0.15, 0.2) is 0 Å². The Balaban J connectivity index is 2.76. The first-order valence-electron chi connectivity index (χ1n) is 6.62. The minimum absolute atomic E-state index is 0.215. The molecule has 0 radical (unpaired) electrons. The van der Waals surface area contributed by atoms with Crippen LogP contribution in [0.4, 0.5) is 0 Å². The molecular weight excluding hydrogens is 232 g/mol. The van der Waals surface area contributed by atoms with Gasteiger partial charge < -0.3 is 9.47 Å². The predicted octanol–water partition coefficient (Wildman–Crippen LogP) is 2.84. The number of hydrogen-bond donors (Lipinski definition) is 0. The Morgan fingerprint density at radius 3 is 2.67 bits per heavy atom. The molecule has 0 aromatic heterocycles. The van der Waals surface area contributed by atoms with Crippen molar-refractivity contribution in [3.8, 4) is 0 Å². The van der Waals surface area contributed by atoms with Gasteiger partial charge in [-0.15, -0.1) is 0 Å². The number of rotatable bonds is 3. The van der Waals surface area contributed by atoms with Gasteiger partial charge in [-0.3, -0.25) is 9.59 Å². The summed E-state index contributed by atoms with van der Waals surface area (Å²) in [5, 5.41) is 0. The van der Waals surface area contributed by atoms with Gasteiger partial charge in [0.2, 0.25) is 0 Å². The predicted molar refractivity (Wildman–Crippen MR) is 68.0 cm³/mol. The van der Waals surface area contributed by atoms with E-state index >= 15 is 0 Å². The van der Waals surface area contributed by atoms with E-state index in [0.29, 0.717) is 19.3 Å². The number of cyclic esters (lactones) is 1. The molecule has 0 aromatic rings. The minimum Gasteiger partial charge on any atom is -0.458 e. The van der Waals surface area contributed by atoms with E-state index in [2.05, 4.69) is 0 Å². The smallest absolute Gasteiger partial charge is 0.311 e. The lowest BCUT2D eigenvalue weighted by Crippen LogP contribution is -2.44. The van der Waals surface area contributed by atoms with Crippen LogP contribution in [-0.4, -0.2) is 23.6 Å². The second-order valence-electron chi connectivity index (χ2n) is 6.10. The van der Waals surface area contributed by atoms with Gasteiger partial charge in [-0.1, -0.05) is 6.92 Å². The molecule has 0 spiro atoms. The van der Waals surface area contributed by atoms with Crippen molar-refractivity contribution in [1.82, 2.24) is 0 Å². The first kappa shape index (κ1) is 15.0. The lowest BCUT2D eigenvalue weighted by molar-refractivity contribution is -0.183. The van der Waals surface area contributed by atoms with E-state index in [9.17, 15) is 9.59 Å². The van der Waals surface area contributed by atoms with E-state index in [4.69, 9.17) is 9.47 Å². The quantitative estimate of drug-likeness (QED) is 0.729. The van der Waals surface area contributed by atoms with Crippen LogP contribution in [0.5, 0.6) is 0 Å². The molecule has 4 heteroatoms. The fraction of sp³-hybridized carbons (Fsp3) is 0.857. The number of hydrogen-bond acceptors (Lipinski definition) is 4. The van der Waals surface area contributed by atoms with Crippen LogP contribution >= 0.6 is 0 Å². The van der Waals surface area contributed by atoms with Gasteiger partial charge in [-0.2, -0.15) is 0 Å². The van der Waals surface area contributed by atoms with E-state index in [1.807, 2.05) is 20.8 Å². The van der Waals surface area contributed by atoms with Gasteiger partial charge in [-0.25, -0.2) is 0 Å². The van der Waals surface area contributed by atoms with Crippen LogP contribution in [0.2, 0.25) is 0 Å². The molecule has 18 heavy (non-hydrogen) atoms. The highest BCUT2D eigenvalue weighted by atomic mass is 16.6. The first-order valence-corrected chi connectivity index (χ1v) is 6.62. The normalized spacial score (nSPS) is 24.1. The number of carbonyl (C=O) groups is 2. The fourth-order valence-corrected chi connectivity index (χ4v) is 1.82. The molecule has 4 nitrogen and oxygen atoms in total. The summed E-state index contributed by atoms with van der Waals surface area (Å²) in [6, 6.07) is 0. The topological polar surface area (TPSA) is 52.6 Å². The van der Waals surface area contributed by atoms with Crippen LogP contribution in [0.15, 0.2) is 0 Å². The average Bonchev–Trinajstić information content (AvgIpc) is 2.37. The summed E-state index contributed by atoms with van der Waals surface area (Å²) in [6.45, 7) is 9.29. The van der Waals surface area contributed by atoms with Crippen molar-refractivity contribution in [1.29, 1.82) is 0 Å². The standard InChI is InChI=1S/C14H24O4/c1-6-13(2,3)12(16)17-10-8-7-9-11(15)18-14(10,4)5/h10H,6-9H2,1-5H3. The summed E-state index contributed by atoms with van der Waals surface area (Å²) in [4.78, 5) is 23.5. The zero-order valence-corrected chi connectivity index (χ0v) is 12.0. The fourth-order valence-electron chi connectivity index (χ4n) is 1.82. The first-order chi connectivity index (χ1) is 8.19. The maximum Gasteiger partial charge on any atom is 0.311 e. The maximum atomic E-state index is 12.1. The van der Waals surface area contributed by atoms with Crippen LogP contribution in [0.3, 0.4) is 0 Å². The van der Waals surface area contributed by atoms with Crippen molar-refractivity contribution in [2.45, 2.75) is 72.0 Å². The second-order valence-corrected chi connectivity index (χ2v) is 6.10. The summed E-state index contributed by atoms with van der Waals surface area (Å²) >= 11 is 0. The van der Waals surface area contributed by atoms with Crippen molar-refractivity contribution in [3.63, 3.8) is 0 Å². The van der Waals surface area contributed by atoms with Crippen molar-refractivity contribution in [2.24, 2.45) is 5.41 Å². The maximum absolute atomic E-state index is 12.1. The molecule has 104 valence electrons. The van der Waals surface area contributed by atoms with E-state index in [-0.39, 0.29) is 18.0 Å². The Bertz CT molecular complexity index is 331. The Morgan fingerprint density at radius 1 is 1.50 bits per heavy atom. The highest BCUT2D eigenvalue weighted by Gasteiger charge is 2.40. The van der Waals surface area contributed by atoms with Gasteiger partial charge in [0.05, 0.1) is 5.41 Å². The summed E-state index contributed by atoms with van der Waals surface area (Å²) < 4.78 is 10.9. The summed E-state index contributed by atoms with van der Waals surface area (Å²) in [6.07, 6.45) is 2.13.